The first kappa shape index (κ1) is 37.8. The van der Waals surface area contributed by atoms with Crippen molar-refractivity contribution in [3.8, 4) is 67.2 Å². The standard InChI is InChI=1S/C61H50N2/c1-60(2)54-36-47(31-32-50(54)51-38-56-52(37-55(51)60)49-21-10-11-22-53(49)61(56)33-12-5-13-34-61)43-25-23-42(24-26-43)46-19-14-20-48(35-46)58-39-57(62-59(63-58)45-17-8-4-9-18-45)44-29-27-41(28-30-44)40-15-6-3-7-16-40/h3-4,6-11,14-27,29-32,35-39,41H,5,12-13,28,33-34H2,1-2H3. The predicted molar refractivity (Wildman–Crippen MR) is 262 cm³/mol. The minimum atomic E-state index is -0.0943. The van der Waals surface area contributed by atoms with Crippen LogP contribution in [0.1, 0.15) is 91.8 Å². The maximum atomic E-state index is 5.16. The smallest absolute Gasteiger partial charge is 0.160 e. The molecule has 12 rings (SSSR count). The Hall–Kier alpha value is -6.90. The maximum Gasteiger partial charge on any atom is 0.160 e. The SMILES string of the molecule is CC1(C)c2cc(-c3ccc(-c4cccc(-c5cc(C6=CCC(c7ccccc7)C=C6)nc(-c6ccccc6)n5)c4)cc3)ccc2-c2cc3c(cc21)-c1ccccc1C31CCCCC1. The molecule has 4 aliphatic carbocycles. The zero-order valence-electron chi connectivity index (χ0n) is 36.1. The quantitative estimate of drug-likeness (QED) is 0.167. The van der Waals surface area contributed by atoms with E-state index in [1.54, 1.807) is 11.1 Å². The molecule has 1 fully saturated rings. The summed E-state index contributed by atoms with van der Waals surface area (Å²) in [5.74, 6) is 1.11. The van der Waals surface area contributed by atoms with Gasteiger partial charge in [0.15, 0.2) is 5.82 Å². The average Bonchev–Trinajstić information content (AvgIpc) is 3.74. The van der Waals surface area contributed by atoms with Gasteiger partial charge in [-0.25, -0.2) is 9.97 Å². The molecular formula is C61H50N2. The number of hydrogen-bond acceptors (Lipinski definition) is 2. The molecule has 63 heavy (non-hydrogen) atoms. The van der Waals surface area contributed by atoms with E-state index in [1.807, 2.05) is 6.07 Å². The highest BCUT2D eigenvalue weighted by atomic mass is 14.9. The molecule has 1 aromatic heterocycles. The van der Waals surface area contributed by atoms with E-state index in [0.29, 0.717) is 5.92 Å². The highest BCUT2D eigenvalue weighted by Crippen LogP contribution is 2.60. The molecule has 0 bridgehead atoms. The third-order valence-corrected chi connectivity index (χ3v) is 14.9. The summed E-state index contributed by atoms with van der Waals surface area (Å²) >= 11 is 0. The van der Waals surface area contributed by atoms with Gasteiger partial charge in [0.2, 0.25) is 0 Å². The summed E-state index contributed by atoms with van der Waals surface area (Å²) < 4.78 is 0. The van der Waals surface area contributed by atoms with Gasteiger partial charge in [0.05, 0.1) is 11.4 Å². The lowest BCUT2D eigenvalue weighted by Gasteiger charge is -2.36. The van der Waals surface area contributed by atoms with Gasteiger partial charge in [0.25, 0.3) is 0 Å². The molecule has 8 aromatic rings. The van der Waals surface area contributed by atoms with E-state index < -0.39 is 0 Å². The van der Waals surface area contributed by atoms with Crippen molar-refractivity contribution >= 4 is 5.57 Å². The fourth-order valence-corrected chi connectivity index (χ4v) is 11.5. The summed E-state index contributed by atoms with van der Waals surface area (Å²) in [5, 5.41) is 0. The van der Waals surface area contributed by atoms with Crippen LogP contribution in [0.4, 0.5) is 0 Å². The molecule has 0 aliphatic heterocycles. The molecule has 1 heterocycles. The number of allylic oxidation sites excluding steroid dienone is 4. The van der Waals surface area contributed by atoms with E-state index in [-0.39, 0.29) is 10.8 Å². The second kappa shape index (κ2) is 14.9. The molecule has 1 atom stereocenters. The van der Waals surface area contributed by atoms with Crippen LogP contribution in [-0.2, 0) is 10.8 Å². The average molecular weight is 811 g/mol. The molecule has 1 saturated carbocycles. The summed E-state index contributed by atoms with van der Waals surface area (Å²) in [6, 6.07) is 62.8. The number of nitrogens with zero attached hydrogens (tertiary/aromatic N) is 2. The number of aromatic nitrogens is 2. The summed E-state index contributed by atoms with van der Waals surface area (Å²) in [6.07, 6.45) is 14.3. The Labute approximate surface area is 371 Å². The summed E-state index contributed by atoms with van der Waals surface area (Å²) in [7, 11) is 0. The van der Waals surface area contributed by atoms with Crippen molar-refractivity contribution < 1.29 is 0 Å². The van der Waals surface area contributed by atoms with Crippen LogP contribution in [0, 0.1) is 0 Å². The number of fused-ring (bicyclic) bond motifs is 8. The molecule has 2 heteroatoms. The normalized spacial score (nSPS) is 17.4. The molecule has 0 N–H and O–H groups in total. The zero-order valence-corrected chi connectivity index (χ0v) is 36.1. The largest absolute Gasteiger partial charge is 0.228 e. The second-order valence-corrected chi connectivity index (χ2v) is 18.8. The number of benzene rings is 7. The van der Waals surface area contributed by atoms with Gasteiger partial charge in [-0.1, -0.05) is 191 Å². The third-order valence-electron chi connectivity index (χ3n) is 14.9. The molecular weight excluding hydrogens is 761 g/mol. The van der Waals surface area contributed by atoms with Crippen molar-refractivity contribution in [3.05, 3.63) is 222 Å². The van der Waals surface area contributed by atoms with E-state index in [0.717, 1.165) is 40.3 Å². The van der Waals surface area contributed by atoms with E-state index in [2.05, 4.69) is 196 Å². The molecule has 4 aliphatic rings. The monoisotopic (exact) mass is 810 g/mol. The van der Waals surface area contributed by atoms with Crippen molar-refractivity contribution in [2.75, 3.05) is 0 Å². The fraction of sp³-hybridized carbons (Fsp3) is 0.180. The van der Waals surface area contributed by atoms with Crippen molar-refractivity contribution in [3.63, 3.8) is 0 Å². The van der Waals surface area contributed by atoms with Crippen LogP contribution in [0.15, 0.2) is 188 Å². The van der Waals surface area contributed by atoms with Crippen molar-refractivity contribution in [2.45, 2.75) is 69.1 Å². The number of hydrogen-bond donors (Lipinski definition) is 0. The molecule has 0 amide bonds. The van der Waals surface area contributed by atoms with Gasteiger partial charge in [-0.3, -0.25) is 0 Å². The van der Waals surface area contributed by atoms with E-state index in [9.17, 15) is 0 Å². The van der Waals surface area contributed by atoms with Gasteiger partial charge >= 0.3 is 0 Å². The minimum absolute atomic E-state index is 0.0943. The van der Waals surface area contributed by atoms with Gasteiger partial charge in [-0.05, 0) is 127 Å². The Balaban J connectivity index is 0.848. The predicted octanol–water partition coefficient (Wildman–Crippen LogP) is 15.8. The Morgan fingerprint density at radius 2 is 1.05 bits per heavy atom. The van der Waals surface area contributed by atoms with Crippen molar-refractivity contribution in [1.29, 1.82) is 0 Å². The third kappa shape index (κ3) is 6.29. The fourth-order valence-electron chi connectivity index (χ4n) is 11.5. The maximum absolute atomic E-state index is 5.16. The van der Waals surface area contributed by atoms with Crippen LogP contribution in [0.5, 0.6) is 0 Å². The summed E-state index contributed by atoms with van der Waals surface area (Å²) in [6.45, 7) is 4.85. The lowest BCUT2D eigenvalue weighted by atomic mass is 9.67. The molecule has 2 nitrogen and oxygen atoms in total. The molecule has 304 valence electrons. The molecule has 1 spiro atoms. The van der Waals surface area contributed by atoms with Crippen molar-refractivity contribution in [2.24, 2.45) is 0 Å². The van der Waals surface area contributed by atoms with Crippen LogP contribution in [0.25, 0.3) is 72.7 Å². The van der Waals surface area contributed by atoms with Crippen LogP contribution in [0.3, 0.4) is 0 Å². The van der Waals surface area contributed by atoms with E-state index in [4.69, 9.17) is 9.97 Å². The lowest BCUT2D eigenvalue weighted by molar-refractivity contribution is 0.353. The first-order valence-electron chi connectivity index (χ1n) is 23.0. The second-order valence-electron chi connectivity index (χ2n) is 18.8. The molecule has 1 unspecified atom stereocenters. The van der Waals surface area contributed by atoms with Crippen LogP contribution < -0.4 is 0 Å². The number of rotatable bonds is 6. The topological polar surface area (TPSA) is 25.8 Å². The van der Waals surface area contributed by atoms with Gasteiger partial charge in [-0.15, -0.1) is 0 Å². The summed E-state index contributed by atoms with van der Waals surface area (Å²) in [4.78, 5) is 10.3. The summed E-state index contributed by atoms with van der Waals surface area (Å²) in [5.41, 5.74) is 23.1. The first-order chi connectivity index (χ1) is 30.9. The zero-order chi connectivity index (χ0) is 42.1. The van der Waals surface area contributed by atoms with Crippen molar-refractivity contribution in [1.82, 2.24) is 9.97 Å². The molecule has 0 radical (unpaired) electrons. The molecule has 7 aromatic carbocycles. The van der Waals surface area contributed by atoms with Gasteiger partial charge < -0.3 is 0 Å². The Kier molecular flexibility index (Phi) is 8.94. The van der Waals surface area contributed by atoms with Gasteiger partial charge in [0, 0.05) is 27.9 Å². The van der Waals surface area contributed by atoms with Crippen LogP contribution in [-0.4, -0.2) is 9.97 Å². The highest BCUT2D eigenvalue weighted by Gasteiger charge is 2.46. The Bertz CT molecular complexity index is 3130. The van der Waals surface area contributed by atoms with E-state index in [1.165, 1.54) is 93.3 Å². The Morgan fingerprint density at radius 3 is 1.81 bits per heavy atom. The minimum Gasteiger partial charge on any atom is -0.228 e. The Morgan fingerprint density at radius 1 is 0.444 bits per heavy atom. The first-order valence-corrected chi connectivity index (χ1v) is 23.0. The lowest BCUT2D eigenvalue weighted by Crippen LogP contribution is -2.28. The van der Waals surface area contributed by atoms with Gasteiger partial charge in [-0.2, -0.15) is 0 Å². The van der Waals surface area contributed by atoms with Crippen LogP contribution in [0.2, 0.25) is 0 Å². The van der Waals surface area contributed by atoms with Gasteiger partial charge in [0.1, 0.15) is 0 Å². The van der Waals surface area contributed by atoms with E-state index >= 15 is 0 Å². The highest BCUT2D eigenvalue weighted by molar-refractivity contribution is 5.91. The van der Waals surface area contributed by atoms with Crippen LogP contribution >= 0.6 is 0 Å². The molecule has 0 saturated heterocycles.